The minimum atomic E-state index is -0.389. The Morgan fingerprint density at radius 1 is 1.11 bits per heavy atom. The lowest BCUT2D eigenvalue weighted by molar-refractivity contribution is -0.111. The highest BCUT2D eigenvalue weighted by atomic mass is 16.6. The van der Waals surface area contributed by atoms with Crippen molar-refractivity contribution in [3.63, 3.8) is 0 Å². The van der Waals surface area contributed by atoms with Gasteiger partial charge in [-0.3, -0.25) is 9.69 Å². The Hall–Kier alpha value is -4.47. The predicted octanol–water partition coefficient (Wildman–Crippen LogP) is 4.89. The van der Waals surface area contributed by atoms with Gasteiger partial charge in [0.05, 0.1) is 24.0 Å². The molecule has 1 aliphatic rings. The van der Waals surface area contributed by atoms with Crippen LogP contribution in [0.1, 0.15) is 32.4 Å². The van der Waals surface area contributed by atoms with Crippen LogP contribution in [0.25, 0.3) is 0 Å². The van der Waals surface area contributed by atoms with Crippen LogP contribution in [0, 0.1) is 5.92 Å². The van der Waals surface area contributed by atoms with Gasteiger partial charge in [0.15, 0.2) is 0 Å². The number of cyclic esters (lactones) is 1. The highest BCUT2D eigenvalue weighted by Crippen LogP contribution is 2.27. The van der Waals surface area contributed by atoms with Crippen LogP contribution in [0.5, 0.6) is 0 Å². The van der Waals surface area contributed by atoms with Gasteiger partial charge >= 0.3 is 6.09 Å². The van der Waals surface area contributed by atoms with Crippen LogP contribution < -0.4 is 20.9 Å². The number of hydrogen-bond acceptors (Lipinski definition) is 8. The predicted molar refractivity (Wildman–Crippen MR) is 139 cm³/mol. The summed E-state index contributed by atoms with van der Waals surface area (Å²) in [6, 6.07) is 13.0. The van der Waals surface area contributed by atoms with E-state index in [4.69, 9.17) is 4.74 Å². The number of amides is 2. The third-order valence-electron chi connectivity index (χ3n) is 5.81. The number of nitrogens with one attached hydrogen (secondary N) is 3. The van der Waals surface area contributed by atoms with E-state index in [0.717, 1.165) is 11.3 Å². The van der Waals surface area contributed by atoms with Crippen molar-refractivity contribution in [2.45, 2.75) is 32.9 Å². The number of aromatic nitrogens is 3. The highest BCUT2D eigenvalue weighted by Gasteiger charge is 2.37. The Labute approximate surface area is 209 Å². The number of nitrogens with zero attached hydrogens (tertiary/aromatic N) is 4. The molecule has 2 atom stereocenters. The fourth-order valence-electron chi connectivity index (χ4n) is 3.76. The van der Waals surface area contributed by atoms with E-state index in [1.165, 1.54) is 6.08 Å². The van der Waals surface area contributed by atoms with E-state index in [9.17, 15) is 9.59 Å². The van der Waals surface area contributed by atoms with Gasteiger partial charge in [-0.25, -0.2) is 14.8 Å². The van der Waals surface area contributed by atoms with E-state index < -0.39 is 0 Å². The van der Waals surface area contributed by atoms with Crippen LogP contribution >= 0.6 is 0 Å². The summed E-state index contributed by atoms with van der Waals surface area (Å²) in [6.07, 6.45) is 4.02. The maximum absolute atomic E-state index is 12.3. The molecule has 3 N–H and O–H groups in total. The van der Waals surface area contributed by atoms with Gasteiger partial charge in [-0.15, -0.1) is 0 Å². The second kappa shape index (κ2) is 10.9. The lowest BCUT2D eigenvalue weighted by Gasteiger charge is -2.23. The molecule has 3 heterocycles. The van der Waals surface area contributed by atoms with E-state index >= 15 is 0 Å². The van der Waals surface area contributed by atoms with Crippen LogP contribution in [0.3, 0.4) is 0 Å². The van der Waals surface area contributed by atoms with Crippen molar-refractivity contribution in [2.75, 3.05) is 27.5 Å². The fourth-order valence-corrected chi connectivity index (χ4v) is 3.76. The van der Waals surface area contributed by atoms with E-state index in [-0.39, 0.29) is 30.0 Å². The molecule has 1 aliphatic heterocycles. The highest BCUT2D eigenvalue weighted by molar-refractivity contribution is 5.98. The summed E-state index contributed by atoms with van der Waals surface area (Å²) in [5.41, 5.74) is 2.49. The second-order valence-corrected chi connectivity index (χ2v) is 8.74. The summed E-state index contributed by atoms with van der Waals surface area (Å²) < 4.78 is 5.24. The largest absolute Gasteiger partial charge is 0.447 e. The fraction of sp³-hybridized carbons (Fsp3) is 0.269. The van der Waals surface area contributed by atoms with Crippen molar-refractivity contribution in [2.24, 2.45) is 5.92 Å². The van der Waals surface area contributed by atoms with Crippen molar-refractivity contribution in [1.82, 2.24) is 15.0 Å². The molecule has 0 radical (unpaired) electrons. The van der Waals surface area contributed by atoms with Crippen LogP contribution in [0.4, 0.5) is 33.8 Å². The quantitative estimate of drug-likeness (QED) is 0.365. The van der Waals surface area contributed by atoms with E-state index in [0.29, 0.717) is 29.9 Å². The molecular weight excluding hydrogens is 458 g/mol. The molecule has 10 heteroatoms. The number of carbonyl (C=O) groups excluding carboxylic acids is 2. The first-order valence-electron chi connectivity index (χ1n) is 11.7. The van der Waals surface area contributed by atoms with Crippen LogP contribution in [0.2, 0.25) is 0 Å². The summed E-state index contributed by atoms with van der Waals surface area (Å²) in [6.45, 7) is 9.90. The average Bonchev–Trinajstić information content (AvgIpc) is 3.27. The maximum atomic E-state index is 12.3. The molecule has 0 spiro atoms. The number of anilines is 5. The Bertz CT molecular complexity index is 1230. The Morgan fingerprint density at radius 2 is 1.86 bits per heavy atom. The molecule has 0 saturated carbocycles. The lowest BCUT2D eigenvalue weighted by atomic mass is 10.0. The third-order valence-corrected chi connectivity index (χ3v) is 5.81. The van der Waals surface area contributed by atoms with Crippen LogP contribution in [-0.2, 0) is 9.53 Å². The third kappa shape index (κ3) is 5.77. The molecule has 2 aromatic heterocycles. The summed E-state index contributed by atoms with van der Waals surface area (Å²) >= 11 is 0. The number of carbonyl (C=O) groups is 2. The van der Waals surface area contributed by atoms with Crippen LogP contribution in [0.15, 0.2) is 67.5 Å². The average molecular weight is 488 g/mol. The summed E-state index contributed by atoms with van der Waals surface area (Å²) in [5, 5.41) is 9.19. The Kier molecular flexibility index (Phi) is 7.43. The van der Waals surface area contributed by atoms with Crippen LogP contribution in [-0.4, -0.2) is 39.6 Å². The van der Waals surface area contributed by atoms with Gasteiger partial charge in [0.2, 0.25) is 11.9 Å². The normalized spacial score (nSPS) is 15.8. The summed E-state index contributed by atoms with van der Waals surface area (Å²) in [5.74, 6) is 1.54. The molecule has 186 valence electrons. The van der Waals surface area contributed by atoms with Gasteiger partial charge in [-0.05, 0) is 54.8 Å². The molecule has 10 nitrogen and oxygen atoms in total. The van der Waals surface area contributed by atoms with Crippen molar-refractivity contribution in [1.29, 1.82) is 0 Å². The maximum Gasteiger partial charge on any atom is 0.415 e. The van der Waals surface area contributed by atoms with Gasteiger partial charge in [0.1, 0.15) is 18.2 Å². The van der Waals surface area contributed by atoms with Gasteiger partial charge in [-0.1, -0.05) is 32.6 Å². The van der Waals surface area contributed by atoms with Gasteiger partial charge in [0, 0.05) is 11.9 Å². The van der Waals surface area contributed by atoms with E-state index in [2.05, 4.69) is 51.3 Å². The molecule has 36 heavy (non-hydrogen) atoms. The topological polar surface area (TPSA) is 121 Å². The van der Waals surface area contributed by atoms with Gasteiger partial charge < -0.3 is 20.7 Å². The van der Waals surface area contributed by atoms with Gasteiger partial charge in [0.25, 0.3) is 0 Å². The van der Waals surface area contributed by atoms with E-state index in [1.54, 1.807) is 35.5 Å². The first kappa shape index (κ1) is 24.6. The standard InChI is InChI=1S/C26H29N7O3/c1-5-24(34)31-20-10-11-22(28-14-20)30-19-8-6-18(7-9-19)17(4)29-25-27-13-12-23(32-25)33-21(16(2)3)15-36-26(33)35/h5-14,16-17,21H,1,15H2,2-4H3,(H,28,30)(H,31,34)(H,27,29,32)/t17-,21?/m0/s1. The molecule has 1 unspecified atom stereocenters. The monoisotopic (exact) mass is 487 g/mol. The first-order chi connectivity index (χ1) is 17.3. The summed E-state index contributed by atoms with van der Waals surface area (Å²) in [7, 11) is 0. The molecule has 4 rings (SSSR count). The minimum Gasteiger partial charge on any atom is -0.447 e. The number of benzene rings is 1. The van der Waals surface area contributed by atoms with E-state index in [1.807, 2.05) is 31.2 Å². The molecular formula is C26H29N7O3. The number of pyridine rings is 1. The second-order valence-electron chi connectivity index (χ2n) is 8.74. The van der Waals surface area contributed by atoms with Gasteiger partial charge in [-0.2, -0.15) is 4.98 Å². The molecule has 1 fully saturated rings. The summed E-state index contributed by atoms with van der Waals surface area (Å²) in [4.78, 5) is 38.4. The smallest absolute Gasteiger partial charge is 0.415 e. The lowest BCUT2D eigenvalue weighted by Crippen LogP contribution is -2.37. The SMILES string of the molecule is C=CC(=O)Nc1ccc(Nc2ccc([C@H](C)Nc3nccc(N4C(=O)OCC4C(C)C)n3)cc2)nc1. The van der Waals surface area contributed by atoms with Crippen molar-refractivity contribution < 1.29 is 14.3 Å². The zero-order valence-corrected chi connectivity index (χ0v) is 20.4. The molecule has 2 amide bonds. The zero-order valence-electron chi connectivity index (χ0n) is 20.4. The molecule has 0 bridgehead atoms. The zero-order chi connectivity index (χ0) is 25.7. The molecule has 0 aliphatic carbocycles. The number of ether oxygens (including phenoxy) is 1. The van der Waals surface area contributed by atoms with Crippen molar-refractivity contribution in [3.8, 4) is 0 Å². The number of hydrogen-bond donors (Lipinski definition) is 3. The molecule has 3 aromatic rings. The van der Waals surface area contributed by atoms with Crippen molar-refractivity contribution >= 4 is 41.0 Å². The Morgan fingerprint density at radius 3 is 2.53 bits per heavy atom. The minimum absolute atomic E-state index is 0.0608. The first-order valence-corrected chi connectivity index (χ1v) is 11.7. The number of rotatable bonds is 9. The molecule has 1 saturated heterocycles. The van der Waals surface area contributed by atoms with Crippen molar-refractivity contribution in [3.05, 3.63) is 73.1 Å². The Balaban J connectivity index is 1.39. The molecule has 1 aromatic carbocycles.